The first-order valence-corrected chi connectivity index (χ1v) is 15.8. The number of benzene rings is 4. The van der Waals surface area contributed by atoms with Crippen molar-refractivity contribution >= 4 is 56.0 Å². The van der Waals surface area contributed by atoms with Crippen LogP contribution < -0.4 is 10.6 Å². The number of anilines is 2. The standard InChI is InChI=1S/C35H32N6O4S/c42-33(27-11-13-29(31(23-27)41(44)45)36-17-15-25-7-3-1-4-8-25)38-35-37-30-14-12-28(24-32(30)46-35)34(43)40-21-19-39(20-22-40)18-16-26-9-5-2-6-10-26/h1-14,16,18,23-24,36H,15,17,19-22H2,(H,37,38,42)/b18-16+. The van der Waals surface area contributed by atoms with Crippen LogP contribution in [0.1, 0.15) is 31.8 Å². The minimum absolute atomic E-state index is 0.0441. The van der Waals surface area contributed by atoms with Crippen LogP contribution in [0, 0.1) is 10.1 Å². The Morgan fingerprint density at radius 1 is 0.891 bits per heavy atom. The van der Waals surface area contributed by atoms with Crippen LogP contribution in [0.25, 0.3) is 16.3 Å². The summed E-state index contributed by atoms with van der Waals surface area (Å²) < 4.78 is 0.759. The number of fused-ring (bicyclic) bond motifs is 1. The molecule has 0 radical (unpaired) electrons. The Morgan fingerprint density at radius 3 is 2.35 bits per heavy atom. The van der Waals surface area contributed by atoms with E-state index < -0.39 is 10.8 Å². The van der Waals surface area contributed by atoms with E-state index in [9.17, 15) is 19.7 Å². The zero-order valence-electron chi connectivity index (χ0n) is 25.0. The molecule has 0 aliphatic carbocycles. The molecule has 2 N–H and O–H groups in total. The van der Waals surface area contributed by atoms with Gasteiger partial charge in [-0.25, -0.2) is 4.98 Å². The van der Waals surface area contributed by atoms with Crippen molar-refractivity contribution in [3.05, 3.63) is 136 Å². The zero-order valence-corrected chi connectivity index (χ0v) is 25.8. The van der Waals surface area contributed by atoms with Crippen LogP contribution in [0.4, 0.5) is 16.5 Å². The van der Waals surface area contributed by atoms with E-state index in [-0.39, 0.29) is 17.2 Å². The molecule has 5 aromatic rings. The summed E-state index contributed by atoms with van der Waals surface area (Å²) in [6.07, 6.45) is 4.86. The predicted octanol–water partition coefficient (Wildman–Crippen LogP) is 6.54. The monoisotopic (exact) mass is 632 g/mol. The van der Waals surface area contributed by atoms with Crippen LogP contribution in [0.2, 0.25) is 0 Å². The number of nitrogens with one attached hydrogen (secondary N) is 2. The van der Waals surface area contributed by atoms with E-state index in [2.05, 4.69) is 44.9 Å². The summed E-state index contributed by atoms with van der Waals surface area (Å²) >= 11 is 1.25. The minimum atomic E-state index is -0.506. The van der Waals surface area contributed by atoms with E-state index in [0.29, 0.717) is 48.0 Å². The Labute approximate surface area is 270 Å². The molecule has 0 atom stereocenters. The summed E-state index contributed by atoms with van der Waals surface area (Å²) in [4.78, 5) is 46.2. The van der Waals surface area contributed by atoms with Gasteiger partial charge >= 0.3 is 0 Å². The maximum absolute atomic E-state index is 13.3. The van der Waals surface area contributed by atoms with Gasteiger partial charge in [0.1, 0.15) is 5.69 Å². The fourth-order valence-electron chi connectivity index (χ4n) is 5.25. The van der Waals surface area contributed by atoms with E-state index in [4.69, 9.17) is 0 Å². The lowest BCUT2D eigenvalue weighted by Gasteiger charge is -2.34. The smallest absolute Gasteiger partial charge is 0.293 e. The van der Waals surface area contributed by atoms with Gasteiger partial charge in [0.2, 0.25) is 0 Å². The highest BCUT2D eigenvalue weighted by Gasteiger charge is 2.22. The molecule has 2 amide bonds. The number of amides is 2. The van der Waals surface area contributed by atoms with Gasteiger partial charge < -0.3 is 15.1 Å². The first-order valence-electron chi connectivity index (χ1n) is 15.0. The van der Waals surface area contributed by atoms with E-state index in [0.717, 1.165) is 28.9 Å². The first kappa shape index (κ1) is 30.5. The fraction of sp³-hybridized carbons (Fsp3) is 0.171. The second-order valence-corrected chi connectivity index (χ2v) is 11.9. The average Bonchev–Trinajstić information content (AvgIpc) is 3.49. The summed E-state index contributed by atoms with van der Waals surface area (Å²) in [5.41, 5.74) is 3.78. The second-order valence-electron chi connectivity index (χ2n) is 10.9. The molecule has 0 bridgehead atoms. The van der Waals surface area contributed by atoms with Crippen LogP contribution in [-0.4, -0.2) is 64.2 Å². The average molecular weight is 633 g/mol. The van der Waals surface area contributed by atoms with E-state index in [1.165, 1.54) is 17.4 Å². The van der Waals surface area contributed by atoms with Crippen LogP contribution in [0.3, 0.4) is 0 Å². The lowest BCUT2D eigenvalue weighted by Crippen LogP contribution is -2.46. The highest BCUT2D eigenvalue weighted by Crippen LogP contribution is 2.29. The van der Waals surface area contributed by atoms with Gasteiger partial charge in [-0.2, -0.15) is 0 Å². The number of carbonyl (C=O) groups excluding carboxylic acids is 2. The van der Waals surface area contributed by atoms with Gasteiger partial charge in [-0.1, -0.05) is 72.0 Å². The summed E-state index contributed by atoms with van der Waals surface area (Å²) in [5, 5.41) is 18.0. The topological polar surface area (TPSA) is 121 Å². The summed E-state index contributed by atoms with van der Waals surface area (Å²) in [7, 11) is 0. The third-order valence-corrected chi connectivity index (χ3v) is 8.70. The van der Waals surface area contributed by atoms with Gasteiger partial charge in [0.15, 0.2) is 5.13 Å². The maximum atomic E-state index is 13.3. The van der Waals surface area contributed by atoms with Gasteiger partial charge in [0.05, 0.1) is 15.1 Å². The Bertz CT molecular complexity index is 1890. The van der Waals surface area contributed by atoms with E-state index >= 15 is 0 Å². The van der Waals surface area contributed by atoms with Crippen molar-refractivity contribution in [2.24, 2.45) is 0 Å². The highest BCUT2D eigenvalue weighted by molar-refractivity contribution is 7.22. The molecule has 1 aliphatic rings. The number of nitro groups is 1. The van der Waals surface area contributed by atoms with Crippen molar-refractivity contribution in [2.45, 2.75) is 6.42 Å². The van der Waals surface area contributed by atoms with Gasteiger partial charge in [-0.05, 0) is 60.2 Å². The van der Waals surface area contributed by atoms with Gasteiger partial charge in [0, 0.05) is 49.9 Å². The second kappa shape index (κ2) is 14.0. The molecular formula is C35H32N6O4S. The third kappa shape index (κ3) is 7.39. The van der Waals surface area contributed by atoms with Crippen molar-refractivity contribution in [3.8, 4) is 0 Å². The molecule has 0 spiro atoms. The number of rotatable bonds is 10. The Hall–Kier alpha value is -5.55. The minimum Gasteiger partial charge on any atom is -0.379 e. The molecule has 0 saturated carbocycles. The lowest BCUT2D eigenvalue weighted by molar-refractivity contribution is -0.384. The summed E-state index contributed by atoms with van der Waals surface area (Å²) in [6, 6.07) is 29.6. The molecular weight excluding hydrogens is 600 g/mol. The molecule has 11 heteroatoms. The number of aromatic nitrogens is 1. The molecule has 1 fully saturated rings. The van der Waals surface area contributed by atoms with Gasteiger partial charge in [-0.15, -0.1) is 0 Å². The van der Waals surface area contributed by atoms with Crippen LogP contribution in [0.15, 0.2) is 103 Å². The number of nitrogens with zero attached hydrogens (tertiary/aromatic N) is 4. The number of carbonyl (C=O) groups is 2. The van der Waals surface area contributed by atoms with E-state index in [1.54, 1.807) is 30.3 Å². The molecule has 232 valence electrons. The van der Waals surface area contributed by atoms with Crippen molar-refractivity contribution < 1.29 is 14.5 Å². The third-order valence-electron chi connectivity index (χ3n) is 7.76. The molecule has 4 aromatic carbocycles. The Balaban J connectivity index is 1.07. The van der Waals surface area contributed by atoms with Gasteiger partial charge in [0.25, 0.3) is 17.5 Å². The van der Waals surface area contributed by atoms with E-state index in [1.807, 2.05) is 53.4 Å². The van der Waals surface area contributed by atoms with Crippen LogP contribution in [-0.2, 0) is 6.42 Å². The molecule has 0 unspecified atom stereocenters. The molecule has 1 aromatic heterocycles. The molecule has 2 heterocycles. The summed E-state index contributed by atoms with van der Waals surface area (Å²) in [6.45, 7) is 3.24. The van der Waals surface area contributed by atoms with Gasteiger partial charge in [-0.3, -0.25) is 25.0 Å². The number of hydrogen-bond acceptors (Lipinski definition) is 8. The van der Waals surface area contributed by atoms with Crippen LogP contribution >= 0.6 is 11.3 Å². The summed E-state index contributed by atoms with van der Waals surface area (Å²) in [5.74, 6) is -0.550. The van der Waals surface area contributed by atoms with Crippen molar-refractivity contribution in [1.29, 1.82) is 0 Å². The zero-order chi connectivity index (χ0) is 31.9. The molecule has 6 rings (SSSR count). The number of nitro benzene ring substituents is 1. The molecule has 1 saturated heterocycles. The fourth-order valence-corrected chi connectivity index (χ4v) is 6.15. The largest absolute Gasteiger partial charge is 0.379 e. The first-order chi connectivity index (χ1) is 22.4. The number of hydrogen-bond donors (Lipinski definition) is 2. The Morgan fingerprint density at radius 2 is 1.61 bits per heavy atom. The van der Waals surface area contributed by atoms with Crippen LogP contribution in [0.5, 0.6) is 0 Å². The van der Waals surface area contributed by atoms with Crippen molar-refractivity contribution in [3.63, 3.8) is 0 Å². The highest BCUT2D eigenvalue weighted by atomic mass is 32.1. The van der Waals surface area contributed by atoms with Crippen molar-refractivity contribution in [1.82, 2.24) is 14.8 Å². The molecule has 10 nitrogen and oxygen atoms in total. The van der Waals surface area contributed by atoms with Crippen molar-refractivity contribution in [2.75, 3.05) is 43.4 Å². The number of piperazine rings is 1. The maximum Gasteiger partial charge on any atom is 0.293 e. The normalized spacial score (nSPS) is 13.2. The molecule has 1 aliphatic heterocycles. The molecule has 46 heavy (non-hydrogen) atoms. The SMILES string of the molecule is O=C(Nc1nc2ccc(C(=O)N3CCN(/C=C/c4ccccc4)CC3)cc2s1)c1ccc(NCCc2ccccc2)c([N+](=O)[O-])c1. The predicted molar refractivity (Wildman–Crippen MR) is 182 cm³/mol. The lowest BCUT2D eigenvalue weighted by atomic mass is 10.1. The quantitative estimate of drug-likeness (QED) is 0.133. The number of thiazole rings is 1. The Kier molecular flexibility index (Phi) is 9.30.